The fourth-order valence-corrected chi connectivity index (χ4v) is 2.86. The van der Waals surface area contributed by atoms with Crippen LogP contribution in [-0.2, 0) is 13.0 Å². The fourth-order valence-electron chi connectivity index (χ4n) is 2.05. The lowest BCUT2D eigenvalue weighted by Crippen LogP contribution is -2.24. The molecule has 1 N–H and O–H groups in total. The summed E-state index contributed by atoms with van der Waals surface area (Å²) < 4.78 is 0. The third-order valence-corrected chi connectivity index (χ3v) is 4.35. The Morgan fingerprint density at radius 1 is 1.38 bits per heavy atom. The number of aromatic nitrogens is 2. The van der Waals surface area contributed by atoms with Gasteiger partial charge in [-0.15, -0.1) is 11.3 Å². The zero-order chi connectivity index (χ0) is 15.4. The summed E-state index contributed by atoms with van der Waals surface area (Å²) in [5.41, 5.74) is 2.44. The molecule has 0 aromatic carbocycles. The van der Waals surface area contributed by atoms with Gasteiger partial charge in [-0.3, -0.25) is 9.78 Å². The van der Waals surface area contributed by atoms with Crippen molar-refractivity contribution in [2.75, 3.05) is 0 Å². The maximum atomic E-state index is 12.4. The molecule has 112 valence electrons. The molecule has 2 aromatic heterocycles. The van der Waals surface area contributed by atoms with E-state index in [0.29, 0.717) is 12.1 Å². The number of hydrogen-bond acceptors (Lipinski definition) is 4. The number of amides is 1. The van der Waals surface area contributed by atoms with E-state index in [2.05, 4.69) is 22.2 Å². The van der Waals surface area contributed by atoms with Gasteiger partial charge < -0.3 is 5.32 Å². The van der Waals surface area contributed by atoms with Crippen LogP contribution in [0, 0.1) is 6.92 Å². The minimum atomic E-state index is -0.0838. The van der Waals surface area contributed by atoms with Crippen LogP contribution in [0.5, 0.6) is 0 Å². The fraction of sp³-hybridized carbons (Fsp3) is 0.438. The zero-order valence-corrected chi connectivity index (χ0v) is 13.8. The number of nitrogens with zero attached hydrogens (tertiary/aromatic N) is 2. The average Bonchev–Trinajstić information content (AvgIpc) is 2.92. The molecule has 21 heavy (non-hydrogen) atoms. The van der Waals surface area contributed by atoms with Gasteiger partial charge in [0.2, 0.25) is 0 Å². The Hall–Kier alpha value is -1.75. The molecule has 1 amide bonds. The highest BCUT2D eigenvalue weighted by Crippen LogP contribution is 2.18. The number of pyridine rings is 1. The number of aryl methyl sites for hydroxylation is 2. The zero-order valence-electron chi connectivity index (χ0n) is 12.9. The molecule has 0 fully saturated rings. The topological polar surface area (TPSA) is 54.9 Å². The van der Waals surface area contributed by atoms with E-state index >= 15 is 0 Å². The number of carbonyl (C=O) groups excluding carboxylic acids is 1. The molecular formula is C16H21N3OS. The molecule has 5 heteroatoms. The molecule has 0 unspecified atom stereocenters. The van der Waals surface area contributed by atoms with Gasteiger partial charge in [-0.25, -0.2) is 4.98 Å². The van der Waals surface area contributed by atoms with Crippen LogP contribution in [0.3, 0.4) is 0 Å². The number of nitrogens with one attached hydrogen (secondary N) is 1. The standard InChI is InChI=1S/C16H21N3OS/c1-5-12-8-17-14(21-12)9-18-16(20)13-7-6-11(4)19-15(13)10(2)3/h6-8,10H,5,9H2,1-4H3,(H,18,20). The van der Waals surface area contributed by atoms with Crippen LogP contribution >= 0.6 is 11.3 Å². The summed E-state index contributed by atoms with van der Waals surface area (Å²) in [7, 11) is 0. The summed E-state index contributed by atoms with van der Waals surface area (Å²) in [6.07, 6.45) is 2.85. The highest BCUT2D eigenvalue weighted by atomic mass is 32.1. The summed E-state index contributed by atoms with van der Waals surface area (Å²) in [4.78, 5) is 22.4. The van der Waals surface area contributed by atoms with Gasteiger partial charge >= 0.3 is 0 Å². The predicted octanol–water partition coefficient (Wildman–Crippen LogP) is 3.46. The molecule has 0 spiro atoms. The first-order valence-electron chi connectivity index (χ1n) is 7.20. The molecule has 0 saturated carbocycles. The largest absolute Gasteiger partial charge is 0.345 e. The molecule has 0 bridgehead atoms. The summed E-state index contributed by atoms with van der Waals surface area (Å²) in [5.74, 6) is 0.136. The van der Waals surface area contributed by atoms with Crippen molar-refractivity contribution in [2.24, 2.45) is 0 Å². The minimum Gasteiger partial charge on any atom is -0.345 e. The van der Waals surface area contributed by atoms with E-state index < -0.39 is 0 Å². The second-order valence-corrected chi connectivity index (χ2v) is 6.50. The molecule has 0 aliphatic rings. The van der Waals surface area contributed by atoms with Gasteiger partial charge in [-0.2, -0.15) is 0 Å². The molecule has 0 atom stereocenters. The molecule has 2 heterocycles. The van der Waals surface area contributed by atoms with Gasteiger partial charge in [0.15, 0.2) is 0 Å². The highest BCUT2D eigenvalue weighted by Gasteiger charge is 2.15. The van der Waals surface area contributed by atoms with E-state index in [1.807, 2.05) is 39.1 Å². The van der Waals surface area contributed by atoms with Crippen LogP contribution in [0.4, 0.5) is 0 Å². The van der Waals surface area contributed by atoms with Crippen molar-refractivity contribution in [3.8, 4) is 0 Å². The normalized spacial score (nSPS) is 10.9. The van der Waals surface area contributed by atoms with Crippen molar-refractivity contribution in [2.45, 2.75) is 46.6 Å². The predicted molar refractivity (Wildman–Crippen MR) is 85.7 cm³/mol. The van der Waals surface area contributed by atoms with Gasteiger partial charge in [-0.1, -0.05) is 20.8 Å². The van der Waals surface area contributed by atoms with Gasteiger partial charge in [0.25, 0.3) is 5.91 Å². The van der Waals surface area contributed by atoms with Crippen molar-refractivity contribution >= 4 is 17.2 Å². The highest BCUT2D eigenvalue weighted by molar-refractivity contribution is 7.11. The van der Waals surface area contributed by atoms with Crippen molar-refractivity contribution < 1.29 is 4.79 Å². The van der Waals surface area contributed by atoms with E-state index in [-0.39, 0.29) is 11.8 Å². The van der Waals surface area contributed by atoms with Crippen molar-refractivity contribution in [1.82, 2.24) is 15.3 Å². The number of carbonyl (C=O) groups is 1. The third-order valence-electron chi connectivity index (χ3n) is 3.21. The van der Waals surface area contributed by atoms with Crippen molar-refractivity contribution in [1.29, 1.82) is 0 Å². The Morgan fingerprint density at radius 3 is 2.76 bits per heavy atom. The van der Waals surface area contributed by atoms with E-state index in [9.17, 15) is 4.79 Å². The van der Waals surface area contributed by atoms with E-state index in [1.165, 1.54) is 4.88 Å². The van der Waals surface area contributed by atoms with Crippen LogP contribution in [0.15, 0.2) is 18.3 Å². The second-order valence-electron chi connectivity index (χ2n) is 5.30. The van der Waals surface area contributed by atoms with Gasteiger partial charge in [0.1, 0.15) is 5.01 Å². The average molecular weight is 303 g/mol. The van der Waals surface area contributed by atoms with Gasteiger partial charge in [0.05, 0.1) is 17.8 Å². The molecule has 2 rings (SSSR count). The van der Waals surface area contributed by atoms with Crippen LogP contribution < -0.4 is 5.32 Å². The molecule has 0 radical (unpaired) electrons. The van der Waals surface area contributed by atoms with Gasteiger partial charge in [-0.05, 0) is 31.4 Å². The lowest BCUT2D eigenvalue weighted by molar-refractivity contribution is 0.0949. The van der Waals surface area contributed by atoms with Crippen LogP contribution in [0.1, 0.15) is 58.3 Å². The lowest BCUT2D eigenvalue weighted by atomic mass is 10.0. The minimum absolute atomic E-state index is 0.0838. The monoisotopic (exact) mass is 303 g/mol. The summed E-state index contributed by atoms with van der Waals surface area (Å²) in [5, 5.41) is 3.87. The van der Waals surface area contributed by atoms with E-state index in [4.69, 9.17) is 0 Å². The van der Waals surface area contributed by atoms with Crippen LogP contribution in [0.2, 0.25) is 0 Å². The Kier molecular flexibility index (Phi) is 5.07. The smallest absolute Gasteiger partial charge is 0.253 e. The molecule has 0 aliphatic carbocycles. The van der Waals surface area contributed by atoms with Crippen molar-refractivity contribution in [3.05, 3.63) is 45.2 Å². The summed E-state index contributed by atoms with van der Waals surface area (Å²) >= 11 is 1.64. The first kappa shape index (κ1) is 15.6. The molecule has 0 saturated heterocycles. The summed E-state index contributed by atoms with van der Waals surface area (Å²) in [6.45, 7) is 8.60. The van der Waals surface area contributed by atoms with Crippen LogP contribution in [0.25, 0.3) is 0 Å². The SMILES string of the molecule is CCc1cnc(CNC(=O)c2ccc(C)nc2C(C)C)s1. The molecule has 4 nitrogen and oxygen atoms in total. The third kappa shape index (κ3) is 3.88. The Morgan fingerprint density at radius 2 is 2.14 bits per heavy atom. The number of rotatable bonds is 5. The quantitative estimate of drug-likeness (QED) is 0.920. The van der Waals surface area contributed by atoms with Crippen molar-refractivity contribution in [3.63, 3.8) is 0 Å². The van der Waals surface area contributed by atoms with E-state index in [1.54, 1.807) is 11.3 Å². The Bertz CT molecular complexity index is 634. The van der Waals surface area contributed by atoms with Crippen LogP contribution in [-0.4, -0.2) is 15.9 Å². The molecule has 0 aliphatic heterocycles. The Balaban J connectivity index is 2.09. The first-order valence-corrected chi connectivity index (χ1v) is 8.02. The van der Waals surface area contributed by atoms with Gasteiger partial charge in [0, 0.05) is 16.8 Å². The molecule has 2 aromatic rings. The first-order chi connectivity index (χ1) is 10.0. The van der Waals surface area contributed by atoms with E-state index in [0.717, 1.165) is 22.8 Å². The maximum Gasteiger partial charge on any atom is 0.253 e. The number of hydrogen-bond donors (Lipinski definition) is 1. The lowest BCUT2D eigenvalue weighted by Gasteiger charge is -2.12. The Labute approximate surface area is 129 Å². The summed E-state index contributed by atoms with van der Waals surface area (Å²) in [6, 6.07) is 3.73. The molecular weight excluding hydrogens is 282 g/mol. The number of thiazole rings is 1. The second kappa shape index (κ2) is 6.80. The maximum absolute atomic E-state index is 12.4.